The van der Waals surface area contributed by atoms with Gasteiger partial charge in [0.1, 0.15) is 0 Å². The molecule has 0 bridgehead atoms. The Hall–Kier alpha value is -3.94. The zero-order valence-electron chi connectivity index (χ0n) is 16.6. The summed E-state index contributed by atoms with van der Waals surface area (Å²) in [6.07, 6.45) is 1.26. The van der Waals surface area contributed by atoms with Gasteiger partial charge in [-0.15, -0.1) is 0 Å². The average molecular weight is 405 g/mol. The summed E-state index contributed by atoms with van der Waals surface area (Å²) in [4.78, 5) is 28.5. The molecule has 1 aromatic heterocycles. The quantitative estimate of drug-likeness (QED) is 0.397. The number of aromatic nitrogens is 2. The first-order chi connectivity index (χ1) is 14.3. The van der Waals surface area contributed by atoms with Gasteiger partial charge in [0.15, 0.2) is 5.57 Å². The lowest BCUT2D eigenvalue weighted by Gasteiger charge is -2.29. The molecule has 152 valence electrons. The minimum atomic E-state index is -1.28. The molecule has 4 rings (SSSR count). The molecule has 0 aliphatic carbocycles. The Kier molecular flexibility index (Phi) is 4.83. The highest BCUT2D eigenvalue weighted by atomic mass is 16.7. The van der Waals surface area contributed by atoms with E-state index in [2.05, 4.69) is 15.5 Å². The molecule has 0 radical (unpaired) electrons. The Morgan fingerprint density at radius 3 is 2.47 bits per heavy atom. The van der Waals surface area contributed by atoms with Crippen molar-refractivity contribution in [3.63, 3.8) is 0 Å². The minimum Gasteiger partial charge on any atom is -0.419 e. The van der Waals surface area contributed by atoms with E-state index in [9.17, 15) is 9.59 Å². The van der Waals surface area contributed by atoms with E-state index in [1.165, 1.54) is 20.0 Å². The number of cyclic esters (lactones) is 2. The van der Waals surface area contributed by atoms with Gasteiger partial charge in [-0.05, 0) is 30.7 Å². The fourth-order valence-corrected chi connectivity index (χ4v) is 2.95. The van der Waals surface area contributed by atoms with Gasteiger partial charge < -0.3 is 19.3 Å². The number of ether oxygens (including phenoxy) is 2. The van der Waals surface area contributed by atoms with Crippen LogP contribution in [0.15, 0.2) is 64.8 Å². The maximum Gasteiger partial charge on any atom is 0.350 e. The Morgan fingerprint density at radius 2 is 1.73 bits per heavy atom. The number of carbonyl (C=O) groups is 2. The zero-order valence-corrected chi connectivity index (χ0v) is 16.6. The Balaban J connectivity index is 1.55. The fraction of sp³-hybridized carbons (Fsp3) is 0.182. The van der Waals surface area contributed by atoms with Gasteiger partial charge in [-0.1, -0.05) is 35.5 Å². The van der Waals surface area contributed by atoms with E-state index in [0.29, 0.717) is 23.0 Å². The van der Waals surface area contributed by atoms with Gasteiger partial charge in [0, 0.05) is 36.9 Å². The van der Waals surface area contributed by atoms with Crippen LogP contribution >= 0.6 is 0 Å². The van der Waals surface area contributed by atoms with Crippen LogP contribution in [0.1, 0.15) is 19.4 Å². The van der Waals surface area contributed by atoms with Crippen LogP contribution in [-0.4, -0.2) is 27.9 Å². The molecular weight excluding hydrogens is 386 g/mol. The van der Waals surface area contributed by atoms with Crippen molar-refractivity contribution in [1.82, 2.24) is 10.1 Å². The summed E-state index contributed by atoms with van der Waals surface area (Å²) < 4.78 is 15.6. The molecular formula is C22H19N3O5. The summed E-state index contributed by atoms with van der Waals surface area (Å²) in [6.45, 7) is 4.96. The first-order valence-electron chi connectivity index (χ1n) is 9.26. The second-order valence-corrected chi connectivity index (χ2v) is 7.20. The molecule has 8 nitrogen and oxygen atoms in total. The van der Waals surface area contributed by atoms with Crippen LogP contribution in [0.2, 0.25) is 0 Å². The molecule has 0 saturated carbocycles. The minimum absolute atomic E-state index is 0.223. The summed E-state index contributed by atoms with van der Waals surface area (Å²) in [7, 11) is 0. The highest BCUT2D eigenvalue weighted by Crippen LogP contribution is 2.27. The van der Waals surface area contributed by atoms with Crippen molar-refractivity contribution in [2.75, 3.05) is 5.32 Å². The van der Waals surface area contributed by atoms with Crippen LogP contribution in [0.25, 0.3) is 22.8 Å². The number of hydrogen-bond donors (Lipinski definition) is 1. The molecule has 3 aromatic rings. The average Bonchev–Trinajstić information content (AvgIpc) is 3.17. The third kappa shape index (κ3) is 3.93. The van der Waals surface area contributed by atoms with Gasteiger partial charge in [0.05, 0.1) is 0 Å². The number of anilines is 1. The van der Waals surface area contributed by atoms with E-state index in [4.69, 9.17) is 14.0 Å². The number of rotatable bonds is 4. The third-order valence-corrected chi connectivity index (χ3v) is 4.42. The van der Waals surface area contributed by atoms with E-state index in [0.717, 1.165) is 11.1 Å². The topological polar surface area (TPSA) is 104 Å². The summed E-state index contributed by atoms with van der Waals surface area (Å²) in [5, 5.41) is 6.97. The zero-order chi connectivity index (χ0) is 21.3. The van der Waals surface area contributed by atoms with Gasteiger partial charge in [-0.25, -0.2) is 9.59 Å². The Labute approximate surface area is 172 Å². The predicted molar refractivity (Wildman–Crippen MR) is 108 cm³/mol. The molecule has 0 unspecified atom stereocenters. The summed E-state index contributed by atoms with van der Waals surface area (Å²) in [5.74, 6) is -1.93. The normalized spacial score (nSPS) is 15.4. The highest BCUT2D eigenvalue weighted by molar-refractivity contribution is 6.15. The van der Waals surface area contributed by atoms with Crippen LogP contribution < -0.4 is 5.32 Å². The number of aryl methyl sites for hydroxylation is 1. The first kappa shape index (κ1) is 19.4. The second kappa shape index (κ2) is 7.47. The lowest BCUT2D eigenvalue weighted by molar-refractivity contribution is -0.222. The maximum atomic E-state index is 12.0. The van der Waals surface area contributed by atoms with E-state index >= 15 is 0 Å². The van der Waals surface area contributed by atoms with Crippen LogP contribution in [0.3, 0.4) is 0 Å². The fourth-order valence-electron chi connectivity index (χ4n) is 2.95. The van der Waals surface area contributed by atoms with Crippen molar-refractivity contribution in [3.05, 3.63) is 65.9 Å². The summed E-state index contributed by atoms with van der Waals surface area (Å²) >= 11 is 0. The van der Waals surface area contributed by atoms with E-state index in [1.54, 1.807) is 18.2 Å². The van der Waals surface area contributed by atoms with Crippen LogP contribution in [0.5, 0.6) is 0 Å². The van der Waals surface area contributed by atoms with Gasteiger partial charge in [0.2, 0.25) is 5.82 Å². The predicted octanol–water partition coefficient (Wildman–Crippen LogP) is 3.84. The molecule has 2 heterocycles. The molecule has 0 amide bonds. The van der Waals surface area contributed by atoms with E-state index in [-0.39, 0.29) is 5.57 Å². The summed E-state index contributed by atoms with van der Waals surface area (Å²) in [5.41, 5.74) is 3.01. The first-order valence-corrected chi connectivity index (χ1v) is 9.26. The Morgan fingerprint density at radius 1 is 1.00 bits per heavy atom. The number of esters is 2. The van der Waals surface area contributed by atoms with Gasteiger partial charge in [0.25, 0.3) is 11.7 Å². The number of nitrogens with zero attached hydrogens (tertiary/aromatic N) is 2. The van der Waals surface area contributed by atoms with Crippen molar-refractivity contribution in [3.8, 4) is 22.8 Å². The molecule has 1 N–H and O–H groups in total. The number of carbonyl (C=O) groups excluding carboxylic acids is 2. The summed E-state index contributed by atoms with van der Waals surface area (Å²) in [6, 6.07) is 14.9. The van der Waals surface area contributed by atoms with Crippen LogP contribution in [0.4, 0.5) is 5.69 Å². The third-order valence-electron chi connectivity index (χ3n) is 4.42. The monoisotopic (exact) mass is 405 g/mol. The molecule has 0 spiro atoms. The molecule has 2 aromatic carbocycles. The number of nitrogens with one attached hydrogen (secondary N) is 1. The van der Waals surface area contributed by atoms with E-state index in [1.807, 2.05) is 37.3 Å². The van der Waals surface area contributed by atoms with Gasteiger partial charge in [-0.2, -0.15) is 4.98 Å². The van der Waals surface area contributed by atoms with Crippen LogP contribution in [0, 0.1) is 6.92 Å². The molecule has 30 heavy (non-hydrogen) atoms. The largest absolute Gasteiger partial charge is 0.419 e. The molecule has 1 aliphatic rings. The number of hydrogen-bond acceptors (Lipinski definition) is 8. The van der Waals surface area contributed by atoms with Crippen molar-refractivity contribution in [1.29, 1.82) is 0 Å². The smallest absolute Gasteiger partial charge is 0.350 e. The standard InChI is InChI=1S/C22H19N3O5/c1-13-7-4-5-10-16(13)18-24-19(30-25-18)14-8-6-9-15(11-14)23-12-17-20(26)28-22(2,3)29-21(17)27/h4-12,23H,1-3H3. The van der Waals surface area contributed by atoms with Crippen molar-refractivity contribution < 1.29 is 23.6 Å². The lowest BCUT2D eigenvalue weighted by atomic mass is 10.1. The Bertz CT molecular complexity index is 1140. The van der Waals surface area contributed by atoms with Crippen molar-refractivity contribution in [2.45, 2.75) is 26.6 Å². The lowest BCUT2D eigenvalue weighted by Crippen LogP contribution is -2.42. The molecule has 1 saturated heterocycles. The van der Waals surface area contributed by atoms with Gasteiger partial charge >= 0.3 is 11.9 Å². The molecule has 0 atom stereocenters. The maximum absolute atomic E-state index is 12.0. The van der Waals surface area contributed by atoms with Gasteiger partial charge in [-0.3, -0.25) is 0 Å². The van der Waals surface area contributed by atoms with Crippen molar-refractivity contribution in [2.24, 2.45) is 0 Å². The van der Waals surface area contributed by atoms with E-state index < -0.39 is 17.7 Å². The highest BCUT2D eigenvalue weighted by Gasteiger charge is 2.38. The second-order valence-electron chi connectivity index (χ2n) is 7.20. The SMILES string of the molecule is Cc1ccccc1-c1noc(-c2cccc(NC=C3C(=O)OC(C)(C)OC3=O)c2)n1. The molecule has 1 fully saturated rings. The van der Waals surface area contributed by atoms with Crippen molar-refractivity contribution >= 4 is 17.6 Å². The number of benzene rings is 2. The van der Waals surface area contributed by atoms with Crippen LogP contribution in [-0.2, 0) is 19.1 Å². The molecule has 8 heteroatoms. The molecule has 1 aliphatic heterocycles.